The highest BCUT2D eigenvalue weighted by Crippen LogP contribution is 2.65. The van der Waals surface area contributed by atoms with Gasteiger partial charge in [-0.3, -0.25) is 9.89 Å². The van der Waals surface area contributed by atoms with E-state index in [4.69, 9.17) is 0 Å². The first-order valence-corrected chi connectivity index (χ1v) is 8.61. The highest BCUT2D eigenvalue weighted by molar-refractivity contribution is 5.45. The van der Waals surface area contributed by atoms with E-state index in [1.54, 1.807) is 12.3 Å². The number of alkyl halides is 2. The number of rotatable bonds is 3. The molecule has 3 aromatic rings. The lowest BCUT2D eigenvalue weighted by Crippen LogP contribution is -2.37. The maximum Gasteiger partial charge on any atom is 0.298 e. The van der Waals surface area contributed by atoms with E-state index in [-0.39, 0.29) is 12.0 Å². The summed E-state index contributed by atoms with van der Waals surface area (Å²) in [6.45, 7) is 1.02. The maximum absolute atomic E-state index is 13.6. The molecule has 1 N–H and O–H groups in total. The van der Waals surface area contributed by atoms with Crippen LogP contribution in [0.4, 0.5) is 14.6 Å². The van der Waals surface area contributed by atoms with Gasteiger partial charge in [-0.2, -0.15) is 4.68 Å². The molecule has 0 unspecified atom stereocenters. The molecule has 27 heavy (non-hydrogen) atoms. The van der Waals surface area contributed by atoms with Crippen molar-refractivity contribution in [2.24, 2.45) is 5.41 Å². The van der Waals surface area contributed by atoms with E-state index in [1.807, 2.05) is 4.90 Å². The van der Waals surface area contributed by atoms with Crippen LogP contribution in [0, 0.1) is 5.41 Å². The van der Waals surface area contributed by atoms with Gasteiger partial charge in [0.15, 0.2) is 11.5 Å². The first-order chi connectivity index (χ1) is 13.0. The normalized spacial score (nSPS) is 20.1. The standard InChI is InChI=1S/C16H16F2N8O/c17-16(18)9-15(16)1-4-24(5-2-15)12-7-13(20-10-19-12)26-14(27)11(8-22-26)25-6-3-21-23-25/h3,6-8,10,22H,1-2,4-5,9H2. The van der Waals surface area contributed by atoms with Crippen molar-refractivity contribution in [2.75, 3.05) is 18.0 Å². The maximum atomic E-state index is 13.6. The molecule has 0 bridgehead atoms. The molecule has 9 nitrogen and oxygen atoms in total. The number of hydrogen-bond acceptors (Lipinski definition) is 6. The van der Waals surface area contributed by atoms with Gasteiger partial charge >= 0.3 is 0 Å². The topological polar surface area (TPSA) is 97.5 Å². The Balaban J connectivity index is 1.40. The van der Waals surface area contributed by atoms with E-state index in [0.29, 0.717) is 43.3 Å². The van der Waals surface area contributed by atoms with Gasteiger partial charge in [-0.15, -0.1) is 5.10 Å². The summed E-state index contributed by atoms with van der Waals surface area (Å²) < 4.78 is 29.7. The lowest BCUT2D eigenvalue weighted by Gasteiger charge is -2.33. The summed E-state index contributed by atoms with van der Waals surface area (Å²) in [5.41, 5.74) is -0.841. The molecule has 2 fully saturated rings. The molecular formula is C16H16F2N8O. The van der Waals surface area contributed by atoms with Crippen molar-refractivity contribution in [1.82, 2.24) is 34.7 Å². The van der Waals surface area contributed by atoms with E-state index < -0.39 is 11.3 Å². The lowest BCUT2D eigenvalue weighted by atomic mass is 9.93. The molecule has 1 aliphatic heterocycles. The molecule has 0 amide bonds. The molecule has 0 atom stereocenters. The number of hydrogen-bond donors (Lipinski definition) is 1. The number of piperidine rings is 1. The number of aromatic nitrogens is 7. The van der Waals surface area contributed by atoms with Gasteiger partial charge in [-0.1, -0.05) is 5.21 Å². The van der Waals surface area contributed by atoms with Crippen molar-refractivity contribution >= 4 is 5.82 Å². The van der Waals surface area contributed by atoms with Gasteiger partial charge in [-0.05, 0) is 12.8 Å². The summed E-state index contributed by atoms with van der Waals surface area (Å²) in [5.74, 6) is -1.54. The van der Waals surface area contributed by atoms with Crippen LogP contribution in [-0.4, -0.2) is 53.8 Å². The summed E-state index contributed by atoms with van der Waals surface area (Å²) in [6, 6.07) is 1.67. The van der Waals surface area contributed by atoms with Crippen molar-refractivity contribution in [3.05, 3.63) is 41.3 Å². The summed E-state index contributed by atoms with van der Waals surface area (Å²) in [5, 5.41) is 10.3. The van der Waals surface area contributed by atoms with Crippen LogP contribution in [0.3, 0.4) is 0 Å². The average Bonchev–Trinajstić information content (AvgIpc) is 3.10. The second kappa shape index (κ2) is 5.44. The number of nitrogens with one attached hydrogen (secondary N) is 1. The molecular weight excluding hydrogens is 358 g/mol. The van der Waals surface area contributed by atoms with Crippen LogP contribution >= 0.6 is 0 Å². The Labute approximate surface area is 151 Å². The van der Waals surface area contributed by atoms with Crippen molar-refractivity contribution in [2.45, 2.75) is 25.2 Å². The summed E-state index contributed by atoms with van der Waals surface area (Å²) in [6.07, 6.45) is 6.80. The van der Waals surface area contributed by atoms with Gasteiger partial charge in [0.05, 0.1) is 18.6 Å². The predicted molar refractivity (Wildman–Crippen MR) is 90.3 cm³/mol. The quantitative estimate of drug-likeness (QED) is 0.739. The van der Waals surface area contributed by atoms with Gasteiger partial charge in [-0.25, -0.2) is 23.4 Å². The van der Waals surface area contributed by atoms with E-state index in [9.17, 15) is 13.6 Å². The van der Waals surface area contributed by atoms with Crippen LogP contribution in [-0.2, 0) is 0 Å². The third-order valence-electron chi connectivity index (χ3n) is 5.55. The Morgan fingerprint density at radius 3 is 2.56 bits per heavy atom. The van der Waals surface area contributed by atoms with Crippen molar-refractivity contribution in [1.29, 1.82) is 0 Å². The lowest BCUT2D eigenvalue weighted by molar-refractivity contribution is 0.0536. The first kappa shape index (κ1) is 16.1. The molecule has 1 saturated heterocycles. The molecule has 4 heterocycles. The number of aromatic amines is 1. The van der Waals surface area contributed by atoms with E-state index in [2.05, 4.69) is 25.4 Å². The minimum absolute atomic E-state index is 0.00814. The van der Waals surface area contributed by atoms with Crippen LogP contribution in [0.1, 0.15) is 19.3 Å². The zero-order chi connectivity index (χ0) is 18.6. The molecule has 0 aromatic carbocycles. The Morgan fingerprint density at radius 1 is 1.15 bits per heavy atom. The third-order valence-corrected chi connectivity index (χ3v) is 5.55. The minimum Gasteiger partial charge on any atom is -0.356 e. The molecule has 3 aromatic heterocycles. The van der Waals surface area contributed by atoms with E-state index in [0.717, 1.165) is 0 Å². The molecule has 1 saturated carbocycles. The molecule has 1 spiro atoms. The van der Waals surface area contributed by atoms with Crippen LogP contribution in [0.2, 0.25) is 0 Å². The predicted octanol–water partition coefficient (Wildman–Crippen LogP) is 1.16. The summed E-state index contributed by atoms with van der Waals surface area (Å²) in [7, 11) is 0. The fourth-order valence-corrected chi connectivity index (χ4v) is 3.75. The minimum atomic E-state index is -2.52. The van der Waals surface area contributed by atoms with Crippen molar-refractivity contribution in [3.8, 4) is 11.5 Å². The van der Waals surface area contributed by atoms with Crippen molar-refractivity contribution < 1.29 is 8.78 Å². The van der Waals surface area contributed by atoms with Crippen LogP contribution in [0.15, 0.2) is 35.8 Å². The first-order valence-electron chi connectivity index (χ1n) is 8.61. The Bertz CT molecular complexity index is 1030. The molecule has 1 aliphatic carbocycles. The Kier molecular flexibility index (Phi) is 3.24. The highest BCUT2D eigenvalue weighted by Gasteiger charge is 2.70. The monoisotopic (exact) mass is 374 g/mol. The zero-order valence-corrected chi connectivity index (χ0v) is 14.2. The summed E-state index contributed by atoms with van der Waals surface area (Å²) in [4.78, 5) is 23.0. The molecule has 2 aliphatic rings. The summed E-state index contributed by atoms with van der Waals surface area (Å²) >= 11 is 0. The van der Waals surface area contributed by atoms with Crippen LogP contribution < -0.4 is 10.5 Å². The third kappa shape index (κ3) is 2.45. The van der Waals surface area contributed by atoms with Crippen molar-refractivity contribution in [3.63, 3.8) is 0 Å². The number of nitrogens with zero attached hydrogens (tertiary/aromatic N) is 7. The van der Waals surface area contributed by atoms with Crippen LogP contribution in [0.5, 0.6) is 0 Å². The highest BCUT2D eigenvalue weighted by atomic mass is 19.3. The average molecular weight is 374 g/mol. The fourth-order valence-electron chi connectivity index (χ4n) is 3.75. The largest absolute Gasteiger partial charge is 0.356 e. The van der Waals surface area contributed by atoms with Gasteiger partial charge in [0.1, 0.15) is 12.1 Å². The van der Waals surface area contributed by atoms with Gasteiger partial charge in [0.25, 0.3) is 11.5 Å². The van der Waals surface area contributed by atoms with Crippen LogP contribution in [0.25, 0.3) is 11.5 Å². The molecule has 140 valence electrons. The Morgan fingerprint density at radius 2 is 1.89 bits per heavy atom. The number of H-pyrrole nitrogens is 1. The van der Waals surface area contributed by atoms with E-state index in [1.165, 1.54) is 28.1 Å². The molecule has 0 radical (unpaired) electrons. The number of halogens is 2. The number of anilines is 1. The fraction of sp³-hybridized carbons (Fsp3) is 0.438. The van der Waals surface area contributed by atoms with Gasteiger partial charge in [0.2, 0.25) is 0 Å². The van der Waals surface area contributed by atoms with E-state index >= 15 is 0 Å². The second-order valence-corrected chi connectivity index (χ2v) is 7.03. The molecule has 5 rings (SSSR count). The smallest absolute Gasteiger partial charge is 0.298 e. The van der Waals surface area contributed by atoms with Gasteiger partial charge < -0.3 is 4.90 Å². The molecule has 11 heteroatoms. The zero-order valence-electron chi connectivity index (χ0n) is 14.2. The SMILES string of the molecule is O=c1c(-n2ccnn2)c[nH]n1-c1cc(N2CCC3(CC2)CC3(F)F)ncn1. The Hall–Kier alpha value is -3.11. The second-order valence-electron chi connectivity index (χ2n) is 7.03. The van der Waals surface area contributed by atoms with Gasteiger partial charge in [0, 0.05) is 31.0 Å².